The summed E-state index contributed by atoms with van der Waals surface area (Å²) in [6.45, 7) is 8.34. The summed E-state index contributed by atoms with van der Waals surface area (Å²) < 4.78 is 29.4. The van der Waals surface area contributed by atoms with Gasteiger partial charge in [-0.25, -0.2) is 28.9 Å². The number of anilines is 2. The van der Waals surface area contributed by atoms with E-state index < -0.39 is 23.4 Å². The average molecular weight is 662 g/mol. The van der Waals surface area contributed by atoms with Crippen LogP contribution in [0, 0.1) is 29.5 Å². The van der Waals surface area contributed by atoms with Crippen LogP contribution in [-0.4, -0.2) is 64.6 Å². The molecule has 2 fully saturated rings. The van der Waals surface area contributed by atoms with Gasteiger partial charge in [0.2, 0.25) is 0 Å². The number of pyridine rings is 1. The largest absolute Gasteiger partial charge is 0.443 e. The molecule has 1 unspecified atom stereocenters. The van der Waals surface area contributed by atoms with Crippen LogP contribution in [0.2, 0.25) is 0 Å². The molecule has 6 rings (SSSR count). The Kier molecular flexibility index (Phi) is 10.6. The summed E-state index contributed by atoms with van der Waals surface area (Å²) in [5.74, 6) is 12.4. The predicted molar refractivity (Wildman–Crippen MR) is 182 cm³/mol. The van der Waals surface area contributed by atoms with Crippen molar-refractivity contribution in [1.82, 2.24) is 15.0 Å². The van der Waals surface area contributed by atoms with Crippen LogP contribution in [0.5, 0.6) is 0 Å². The zero-order valence-corrected chi connectivity index (χ0v) is 27.9. The zero-order valence-electron chi connectivity index (χ0n) is 27.9. The molecule has 0 N–H and O–H groups in total. The molecule has 2 aliphatic rings. The monoisotopic (exact) mass is 661 g/mol. The number of rotatable bonds is 3. The number of methoxy groups -OCH3 is 1. The fraction of sp³-hybridized carbons (Fsp3) is 0.289. The molecule has 2 aliphatic heterocycles. The van der Waals surface area contributed by atoms with Crippen LogP contribution in [-0.2, 0) is 14.2 Å². The van der Waals surface area contributed by atoms with Crippen molar-refractivity contribution in [1.29, 1.82) is 0 Å². The summed E-state index contributed by atoms with van der Waals surface area (Å²) in [4.78, 5) is 40.0. The molecular weight excluding hydrogens is 625 g/mol. The summed E-state index contributed by atoms with van der Waals surface area (Å²) in [7, 11) is 1.59. The van der Waals surface area contributed by atoms with Crippen molar-refractivity contribution in [3.05, 3.63) is 114 Å². The number of hydrogen-bond donors (Lipinski definition) is 0. The molecular formula is C38H36FN5O5. The van der Waals surface area contributed by atoms with E-state index in [2.05, 4.69) is 38.6 Å². The van der Waals surface area contributed by atoms with E-state index in [1.807, 2.05) is 58.0 Å². The van der Waals surface area contributed by atoms with Gasteiger partial charge in [-0.15, -0.1) is 0 Å². The minimum Gasteiger partial charge on any atom is -0.443 e. The molecule has 2 aromatic heterocycles. The summed E-state index contributed by atoms with van der Waals surface area (Å²) in [5.41, 5.74) is 1.59. The lowest BCUT2D eigenvalue weighted by atomic mass is 9.99. The molecule has 0 saturated carbocycles. The van der Waals surface area contributed by atoms with Crippen molar-refractivity contribution in [3.8, 4) is 23.7 Å². The van der Waals surface area contributed by atoms with Crippen molar-refractivity contribution >= 4 is 23.8 Å². The predicted octanol–water partition coefficient (Wildman–Crippen LogP) is 6.37. The Labute approximate surface area is 285 Å². The third-order valence-corrected chi connectivity index (χ3v) is 7.72. The first-order chi connectivity index (χ1) is 23.4. The molecule has 4 aromatic rings. The van der Waals surface area contributed by atoms with Crippen molar-refractivity contribution in [2.24, 2.45) is 0 Å². The molecule has 49 heavy (non-hydrogen) atoms. The van der Waals surface area contributed by atoms with Crippen LogP contribution in [0.4, 0.5) is 25.6 Å². The highest BCUT2D eigenvalue weighted by Crippen LogP contribution is 2.28. The van der Waals surface area contributed by atoms with E-state index in [1.165, 1.54) is 21.9 Å². The van der Waals surface area contributed by atoms with Crippen LogP contribution >= 0.6 is 0 Å². The molecule has 2 amide bonds. The molecule has 0 radical (unpaired) electrons. The lowest BCUT2D eigenvalue weighted by Gasteiger charge is -2.41. The molecule has 2 saturated heterocycles. The number of cyclic esters (lactones) is 2. The van der Waals surface area contributed by atoms with E-state index in [-0.39, 0.29) is 11.9 Å². The normalized spacial score (nSPS) is 17.6. The lowest BCUT2D eigenvalue weighted by molar-refractivity contribution is -0.0858. The number of aromatic nitrogens is 3. The lowest BCUT2D eigenvalue weighted by Crippen LogP contribution is -2.57. The number of carbonyl (C=O) groups excluding carboxylic acids is 2. The highest BCUT2D eigenvalue weighted by Gasteiger charge is 2.43. The molecule has 4 heterocycles. The first-order valence-corrected chi connectivity index (χ1v) is 15.6. The maximum Gasteiger partial charge on any atom is 0.416 e. The fourth-order valence-corrected chi connectivity index (χ4v) is 4.89. The van der Waals surface area contributed by atoms with Gasteiger partial charge in [-0.05, 0) is 76.1 Å². The van der Waals surface area contributed by atoms with Gasteiger partial charge >= 0.3 is 12.2 Å². The van der Waals surface area contributed by atoms with Crippen LogP contribution in [0.25, 0.3) is 0 Å². The number of halogens is 1. The van der Waals surface area contributed by atoms with Gasteiger partial charge in [0.1, 0.15) is 34.6 Å². The Morgan fingerprint density at radius 3 is 2.10 bits per heavy atom. The second-order valence-electron chi connectivity index (χ2n) is 12.4. The maximum atomic E-state index is 13.2. The Morgan fingerprint density at radius 2 is 1.45 bits per heavy atom. The van der Waals surface area contributed by atoms with E-state index in [9.17, 15) is 14.0 Å². The van der Waals surface area contributed by atoms with E-state index >= 15 is 0 Å². The molecule has 0 spiro atoms. The van der Waals surface area contributed by atoms with E-state index in [0.717, 1.165) is 12.0 Å². The Bertz CT molecular complexity index is 1910. The Hall–Kier alpha value is -5.78. The van der Waals surface area contributed by atoms with Crippen molar-refractivity contribution in [2.45, 2.75) is 51.4 Å². The van der Waals surface area contributed by atoms with Gasteiger partial charge in [0.25, 0.3) is 0 Å². The standard InChI is InChI=1S/C20H19FN2O3.C18H17N3O2/c1-20(2)17(25-3)13-23(19(24)26-20)18-10-9-15(12-22-18)8-7-14-5-4-6-16(21)11-14;1-18(2)10-11-21(17(22)23-18)16-13-19-15(12-20-16)9-8-14-6-4-3-5-7-14/h4-6,9-12,17H,13H2,1-3H3;3-7,12-13H,10-11H2,1-2H3. The maximum absolute atomic E-state index is 13.2. The van der Waals surface area contributed by atoms with Gasteiger partial charge in [-0.1, -0.05) is 42.0 Å². The number of ether oxygens (including phenoxy) is 3. The molecule has 2 aromatic carbocycles. The third kappa shape index (κ3) is 9.19. The topological polar surface area (TPSA) is 107 Å². The second-order valence-corrected chi connectivity index (χ2v) is 12.4. The number of nitrogens with zero attached hydrogens (tertiary/aromatic N) is 5. The molecule has 11 heteroatoms. The van der Waals surface area contributed by atoms with Gasteiger partial charge < -0.3 is 14.2 Å². The summed E-state index contributed by atoms with van der Waals surface area (Å²) in [5, 5.41) is 0. The highest BCUT2D eigenvalue weighted by molar-refractivity contribution is 5.88. The summed E-state index contributed by atoms with van der Waals surface area (Å²) in [6, 6.07) is 19.2. The van der Waals surface area contributed by atoms with Gasteiger partial charge in [0, 0.05) is 43.0 Å². The fourth-order valence-electron chi connectivity index (χ4n) is 4.89. The number of amides is 2. The molecule has 10 nitrogen and oxygen atoms in total. The summed E-state index contributed by atoms with van der Waals surface area (Å²) >= 11 is 0. The molecule has 0 bridgehead atoms. The first kappa shape index (κ1) is 34.6. The van der Waals surface area contributed by atoms with Crippen LogP contribution in [0.3, 0.4) is 0 Å². The van der Waals surface area contributed by atoms with Crippen LogP contribution < -0.4 is 9.80 Å². The SMILES string of the molecule is CC1(C)CCN(c2cnc(C#Cc3ccccc3)cn2)C(=O)O1.COC1CN(c2ccc(C#Cc3cccc(F)c3)cn2)C(=O)OC1(C)C. The zero-order chi connectivity index (χ0) is 35.0. The summed E-state index contributed by atoms with van der Waals surface area (Å²) in [6.07, 6.45) is 4.31. The minimum atomic E-state index is -0.696. The van der Waals surface area contributed by atoms with Crippen molar-refractivity contribution < 1.29 is 28.2 Å². The van der Waals surface area contributed by atoms with E-state index in [4.69, 9.17) is 14.2 Å². The molecule has 0 aliphatic carbocycles. The highest BCUT2D eigenvalue weighted by atomic mass is 19.1. The Morgan fingerprint density at radius 1 is 0.755 bits per heavy atom. The van der Waals surface area contributed by atoms with Crippen LogP contribution in [0.1, 0.15) is 56.5 Å². The average Bonchev–Trinajstić information content (AvgIpc) is 3.07. The quantitative estimate of drug-likeness (QED) is 0.233. The second kappa shape index (κ2) is 15.0. The first-order valence-electron chi connectivity index (χ1n) is 15.6. The van der Waals surface area contributed by atoms with Gasteiger partial charge in [0.05, 0.1) is 18.9 Å². The number of carbonyl (C=O) groups is 2. The van der Waals surface area contributed by atoms with Gasteiger partial charge in [0.15, 0.2) is 5.82 Å². The molecule has 250 valence electrons. The van der Waals surface area contributed by atoms with Crippen molar-refractivity contribution in [3.63, 3.8) is 0 Å². The number of hydrogen-bond acceptors (Lipinski definition) is 8. The third-order valence-electron chi connectivity index (χ3n) is 7.72. The van der Waals surface area contributed by atoms with E-state index in [1.54, 1.807) is 50.0 Å². The molecule has 1 atom stereocenters. The van der Waals surface area contributed by atoms with Gasteiger partial charge in [-0.3, -0.25) is 9.80 Å². The van der Waals surface area contributed by atoms with Crippen molar-refractivity contribution in [2.75, 3.05) is 30.0 Å². The minimum absolute atomic E-state index is 0.269. The van der Waals surface area contributed by atoms with E-state index in [0.29, 0.717) is 41.5 Å². The smallest absolute Gasteiger partial charge is 0.416 e. The number of benzene rings is 2. The Balaban J connectivity index is 0.000000192. The van der Waals surface area contributed by atoms with Crippen LogP contribution in [0.15, 0.2) is 85.3 Å². The van der Waals surface area contributed by atoms with Gasteiger partial charge in [-0.2, -0.15) is 0 Å².